The molecule has 0 radical (unpaired) electrons. The molecule has 3 rings (SSSR count). The van der Waals surface area contributed by atoms with Gasteiger partial charge in [0.15, 0.2) is 0 Å². The summed E-state index contributed by atoms with van der Waals surface area (Å²) < 4.78 is 59.9. The van der Waals surface area contributed by atoms with Crippen LogP contribution in [0.25, 0.3) is 0 Å². The van der Waals surface area contributed by atoms with E-state index in [0.29, 0.717) is 30.0 Å². The quantitative estimate of drug-likeness (QED) is 0.360. The molecule has 0 N–H and O–H groups in total. The lowest BCUT2D eigenvalue weighted by Gasteiger charge is -2.36. The molecular weight excluding hydrogens is 394 g/mol. The van der Waals surface area contributed by atoms with E-state index < -0.39 is 29.1 Å². The molecular formula is C24H27F4NO. The number of hydrogen-bond acceptors (Lipinski definition) is 2. The smallest absolute Gasteiger partial charge is 0.419 e. The Morgan fingerprint density at radius 2 is 1.43 bits per heavy atom. The summed E-state index contributed by atoms with van der Waals surface area (Å²) in [4.78, 5) is 0. The van der Waals surface area contributed by atoms with Crippen LogP contribution in [0.2, 0.25) is 0 Å². The summed E-state index contributed by atoms with van der Waals surface area (Å²) >= 11 is 0. The molecule has 2 aliphatic rings. The Bertz CT molecular complexity index is 790. The molecule has 0 unspecified atom stereocenters. The lowest BCUT2D eigenvalue weighted by molar-refractivity contribution is -0.132. The van der Waals surface area contributed by atoms with E-state index in [2.05, 4.69) is 17.4 Å². The van der Waals surface area contributed by atoms with E-state index in [9.17, 15) is 17.6 Å². The molecule has 6 heteroatoms. The minimum atomic E-state index is -3.69. The lowest BCUT2D eigenvalue weighted by Crippen LogP contribution is -2.26. The molecule has 1 aromatic carbocycles. The monoisotopic (exact) mass is 421 g/mol. The van der Waals surface area contributed by atoms with Crippen LogP contribution in [0.15, 0.2) is 36.9 Å². The summed E-state index contributed by atoms with van der Waals surface area (Å²) in [6, 6.07) is 2.53. The molecule has 2 saturated carbocycles. The summed E-state index contributed by atoms with van der Waals surface area (Å²) in [5.41, 5.74) is -0.823. The third-order valence-electron chi connectivity index (χ3n) is 6.58. The predicted octanol–water partition coefficient (Wildman–Crippen LogP) is 7.16. The van der Waals surface area contributed by atoms with Crippen LogP contribution in [0, 0.1) is 46.6 Å². The third kappa shape index (κ3) is 5.65. The number of rotatable bonds is 6. The van der Waals surface area contributed by atoms with Crippen molar-refractivity contribution in [2.75, 3.05) is 0 Å². The Balaban J connectivity index is 1.51. The fourth-order valence-electron chi connectivity index (χ4n) is 4.82. The molecule has 0 spiro atoms. The summed E-state index contributed by atoms with van der Waals surface area (Å²) in [7, 11) is 0. The Kier molecular flexibility index (Phi) is 7.23. The van der Waals surface area contributed by atoms with Crippen LogP contribution in [0.1, 0.15) is 56.9 Å². The number of ether oxygens (including phenoxy) is 1. The second-order valence-electron chi connectivity index (χ2n) is 8.48. The van der Waals surface area contributed by atoms with Gasteiger partial charge in [0.25, 0.3) is 0 Å². The van der Waals surface area contributed by atoms with E-state index in [4.69, 9.17) is 5.26 Å². The number of benzene rings is 1. The first-order chi connectivity index (χ1) is 14.3. The largest absolute Gasteiger partial charge is 0.429 e. The fraction of sp³-hybridized carbons (Fsp3) is 0.542. The van der Waals surface area contributed by atoms with Crippen molar-refractivity contribution in [2.45, 2.75) is 57.5 Å². The molecule has 2 fully saturated rings. The molecule has 2 aliphatic carbocycles. The topological polar surface area (TPSA) is 33.0 Å². The van der Waals surface area contributed by atoms with Crippen molar-refractivity contribution < 1.29 is 22.3 Å². The van der Waals surface area contributed by atoms with Gasteiger partial charge < -0.3 is 4.74 Å². The Hall–Kier alpha value is -2.29. The first kappa shape index (κ1) is 22.4. The summed E-state index contributed by atoms with van der Waals surface area (Å²) in [5, 5.41) is 8.64. The van der Waals surface area contributed by atoms with E-state index in [1.54, 1.807) is 0 Å². The van der Waals surface area contributed by atoms with Crippen LogP contribution in [-0.2, 0) is 0 Å². The van der Waals surface area contributed by atoms with Crippen molar-refractivity contribution in [3.8, 4) is 11.8 Å². The Labute approximate surface area is 175 Å². The summed E-state index contributed by atoms with van der Waals surface area (Å²) in [6.45, 7) is 3.89. The standard InChI is InChI=1S/C24H27F4NO/c1-2-16-3-7-18(8-4-16)19-9-5-17(6-10-19)11-12-24(27,28)30-20-13-22(25)21(15-29)23(26)14-20/h2,11-14,16-19H,1,3-10H2/b12-11+. The zero-order valence-electron chi connectivity index (χ0n) is 16.9. The maximum absolute atomic E-state index is 14.1. The molecule has 0 heterocycles. The normalized spacial score (nSPS) is 27.6. The second kappa shape index (κ2) is 9.68. The highest BCUT2D eigenvalue weighted by atomic mass is 19.3. The molecule has 0 aromatic heterocycles. The highest BCUT2D eigenvalue weighted by Gasteiger charge is 2.32. The van der Waals surface area contributed by atoms with Gasteiger partial charge in [-0.3, -0.25) is 0 Å². The molecule has 0 bridgehead atoms. The zero-order valence-corrected chi connectivity index (χ0v) is 16.9. The Morgan fingerprint density at radius 1 is 0.933 bits per heavy atom. The molecule has 2 nitrogen and oxygen atoms in total. The van der Waals surface area contributed by atoms with Gasteiger partial charge in [-0.2, -0.15) is 14.0 Å². The average Bonchev–Trinajstić information content (AvgIpc) is 2.72. The van der Waals surface area contributed by atoms with Crippen molar-refractivity contribution in [1.29, 1.82) is 5.26 Å². The van der Waals surface area contributed by atoms with Gasteiger partial charge in [0, 0.05) is 18.2 Å². The lowest BCUT2D eigenvalue weighted by atomic mass is 9.69. The van der Waals surface area contributed by atoms with Crippen molar-refractivity contribution >= 4 is 0 Å². The van der Waals surface area contributed by atoms with E-state index in [1.165, 1.54) is 37.8 Å². The zero-order chi connectivity index (χ0) is 21.7. The van der Waals surface area contributed by atoms with Crippen LogP contribution < -0.4 is 4.74 Å². The van der Waals surface area contributed by atoms with Gasteiger partial charge in [0.05, 0.1) is 0 Å². The maximum Gasteiger partial charge on any atom is 0.419 e. The molecule has 1 aromatic rings. The van der Waals surface area contributed by atoms with Gasteiger partial charge in [-0.1, -0.05) is 12.2 Å². The number of allylic oxidation sites excluding steroid dienone is 2. The minimum absolute atomic E-state index is 0.0506. The highest BCUT2D eigenvalue weighted by molar-refractivity contribution is 5.38. The number of halogens is 4. The second-order valence-corrected chi connectivity index (χ2v) is 8.48. The van der Waals surface area contributed by atoms with Crippen LogP contribution in [0.3, 0.4) is 0 Å². The predicted molar refractivity (Wildman–Crippen MR) is 107 cm³/mol. The molecule has 0 saturated heterocycles. The van der Waals surface area contributed by atoms with Gasteiger partial charge in [-0.15, -0.1) is 6.58 Å². The number of nitrogens with zero attached hydrogens (tertiary/aromatic N) is 1. The van der Waals surface area contributed by atoms with Crippen molar-refractivity contribution in [3.05, 3.63) is 54.1 Å². The SMILES string of the molecule is C=CC1CCC(C2CCC(/C=C/C(F)(F)Oc3cc(F)c(C#N)c(F)c3)CC2)CC1. The number of alkyl halides is 2. The fourth-order valence-corrected chi connectivity index (χ4v) is 4.82. The van der Waals surface area contributed by atoms with Crippen LogP contribution in [-0.4, -0.2) is 6.11 Å². The van der Waals surface area contributed by atoms with Gasteiger partial charge in [0.2, 0.25) is 0 Å². The van der Waals surface area contributed by atoms with Gasteiger partial charge >= 0.3 is 6.11 Å². The van der Waals surface area contributed by atoms with Crippen molar-refractivity contribution in [1.82, 2.24) is 0 Å². The molecule has 0 amide bonds. The van der Waals surface area contributed by atoms with E-state index in [-0.39, 0.29) is 5.92 Å². The van der Waals surface area contributed by atoms with E-state index in [1.807, 2.05) is 0 Å². The number of nitriles is 1. The van der Waals surface area contributed by atoms with Crippen molar-refractivity contribution in [3.63, 3.8) is 0 Å². The van der Waals surface area contributed by atoms with Gasteiger partial charge in [-0.25, -0.2) is 8.78 Å². The first-order valence-electron chi connectivity index (χ1n) is 10.6. The summed E-state index contributed by atoms with van der Waals surface area (Å²) in [6.07, 6.45) is 9.15. The minimum Gasteiger partial charge on any atom is -0.429 e. The van der Waals surface area contributed by atoms with E-state index in [0.717, 1.165) is 31.6 Å². The Morgan fingerprint density at radius 3 is 1.90 bits per heavy atom. The summed E-state index contributed by atoms with van der Waals surface area (Å²) in [5.74, 6) is -1.02. The van der Waals surface area contributed by atoms with E-state index >= 15 is 0 Å². The molecule has 0 atom stereocenters. The average molecular weight is 421 g/mol. The van der Waals surface area contributed by atoms with Crippen LogP contribution >= 0.6 is 0 Å². The number of hydrogen-bond donors (Lipinski definition) is 0. The molecule has 0 aliphatic heterocycles. The van der Waals surface area contributed by atoms with Crippen molar-refractivity contribution in [2.24, 2.45) is 23.7 Å². The highest BCUT2D eigenvalue weighted by Crippen LogP contribution is 2.42. The van der Waals surface area contributed by atoms with Crippen LogP contribution in [0.4, 0.5) is 17.6 Å². The van der Waals surface area contributed by atoms with Gasteiger partial charge in [0.1, 0.15) is 29.0 Å². The first-order valence-corrected chi connectivity index (χ1v) is 10.6. The van der Waals surface area contributed by atoms with Gasteiger partial charge in [-0.05, 0) is 75.0 Å². The maximum atomic E-state index is 14.1. The third-order valence-corrected chi connectivity index (χ3v) is 6.58. The van der Waals surface area contributed by atoms with Crippen LogP contribution in [0.5, 0.6) is 5.75 Å². The molecule has 30 heavy (non-hydrogen) atoms. The molecule has 162 valence electrons.